The molecule has 0 bridgehead atoms. The Hall–Kier alpha value is -2.34. The third-order valence-electron chi connectivity index (χ3n) is 4.98. The van der Waals surface area contributed by atoms with Gasteiger partial charge in [-0.05, 0) is 50.2 Å². The Morgan fingerprint density at radius 3 is 2.64 bits per heavy atom. The molecule has 1 heterocycles. The van der Waals surface area contributed by atoms with E-state index in [1.807, 2.05) is 25.1 Å². The summed E-state index contributed by atoms with van der Waals surface area (Å²) in [6.07, 6.45) is 4.14. The molecule has 3 rings (SSSR count). The average Bonchev–Trinajstić information content (AvgIpc) is 2.61. The predicted molar refractivity (Wildman–Crippen MR) is 96.0 cm³/mol. The number of fused-ring (bicyclic) bond motifs is 1. The third kappa shape index (κ3) is 3.39. The van der Waals surface area contributed by atoms with Crippen LogP contribution in [0.5, 0.6) is 5.75 Å². The first-order valence-electron chi connectivity index (χ1n) is 8.77. The van der Waals surface area contributed by atoms with Gasteiger partial charge in [-0.1, -0.05) is 13.0 Å². The molecule has 0 radical (unpaired) electrons. The number of nitrogens with two attached hydrogens (primary N) is 1. The Balaban J connectivity index is 1.99. The van der Waals surface area contributed by atoms with E-state index in [4.69, 9.17) is 10.5 Å². The lowest BCUT2D eigenvalue weighted by Gasteiger charge is -2.28. The predicted octanol–water partition coefficient (Wildman–Crippen LogP) is 3.01. The van der Waals surface area contributed by atoms with Crippen molar-refractivity contribution in [3.63, 3.8) is 0 Å². The molecule has 0 amide bonds. The number of hydrogen-bond acceptors (Lipinski definition) is 5. The maximum Gasteiger partial charge on any atom is 0.339 e. The summed E-state index contributed by atoms with van der Waals surface area (Å²) in [7, 11) is 0. The lowest BCUT2D eigenvalue weighted by molar-refractivity contribution is 0.0696. The fourth-order valence-electron chi connectivity index (χ4n) is 3.57. The molecule has 1 aromatic heterocycles. The highest BCUT2D eigenvalue weighted by molar-refractivity contribution is 6.06. The van der Waals surface area contributed by atoms with Gasteiger partial charge in [0.2, 0.25) is 0 Å². The van der Waals surface area contributed by atoms with E-state index in [1.165, 1.54) is 0 Å². The van der Waals surface area contributed by atoms with E-state index in [0.29, 0.717) is 34.7 Å². The maximum atomic E-state index is 11.6. The molecule has 2 aromatic rings. The summed E-state index contributed by atoms with van der Waals surface area (Å²) in [5, 5.41) is 19.3. The summed E-state index contributed by atoms with van der Waals surface area (Å²) in [4.78, 5) is 16.1. The monoisotopic (exact) mass is 344 g/mol. The minimum absolute atomic E-state index is 0.0481. The number of aryl methyl sites for hydroxylation is 1. The van der Waals surface area contributed by atoms with Crippen LogP contribution in [0.3, 0.4) is 0 Å². The number of carboxylic acids is 1. The van der Waals surface area contributed by atoms with Gasteiger partial charge >= 0.3 is 5.97 Å². The van der Waals surface area contributed by atoms with Crippen LogP contribution in [0.25, 0.3) is 10.9 Å². The SMILES string of the molecule is CCc1nc2cccc(O[C@H]3CC[C@H](CO)CC3)c2c(N)c1C(=O)O. The van der Waals surface area contributed by atoms with Crippen LogP contribution in [-0.2, 0) is 6.42 Å². The van der Waals surface area contributed by atoms with Crippen LogP contribution in [-0.4, -0.2) is 33.9 Å². The van der Waals surface area contributed by atoms with E-state index in [-0.39, 0.29) is 24.0 Å². The molecule has 1 fully saturated rings. The van der Waals surface area contributed by atoms with E-state index >= 15 is 0 Å². The summed E-state index contributed by atoms with van der Waals surface area (Å²) in [5.41, 5.74) is 7.63. The number of rotatable bonds is 5. The number of carbonyl (C=O) groups is 1. The number of hydrogen-bond donors (Lipinski definition) is 3. The molecular formula is C19H24N2O4. The van der Waals surface area contributed by atoms with Crippen LogP contribution in [0.15, 0.2) is 18.2 Å². The van der Waals surface area contributed by atoms with Crippen LogP contribution < -0.4 is 10.5 Å². The zero-order valence-electron chi connectivity index (χ0n) is 14.4. The molecule has 0 atom stereocenters. The molecule has 6 nitrogen and oxygen atoms in total. The number of ether oxygens (including phenoxy) is 1. The first-order valence-corrected chi connectivity index (χ1v) is 8.77. The second-order valence-corrected chi connectivity index (χ2v) is 6.60. The van der Waals surface area contributed by atoms with Crippen molar-refractivity contribution in [3.05, 3.63) is 29.5 Å². The van der Waals surface area contributed by atoms with Crippen LogP contribution >= 0.6 is 0 Å². The highest BCUT2D eigenvalue weighted by atomic mass is 16.5. The Kier molecular flexibility index (Phi) is 5.08. The van der Waals surface area contributed by atoms with E-state index in [9.17, 15) is 15.0 Å². The number of nitrogen functional groups attached to an aromatic ring is 1. The second-order valence-electron chi connectivity index (χ2n) is 6.60. The van der Waals surface area contributed by atoms with Crippen LogP contribution in [0, 0.1) is 5.92 Å². The molecule has 134 valence electrons. The van der Waals surface area contributed by atoms with E-state index in [1.54, 1.807) is 0 Å². The zero-order valence-corrected chi connectivity index (χ0v) is 14.4. The number of aliphatic hydroxyl groups is 1. The van der Waals surface area contributed by atoms with Crippen LogP contribution in [0.1, 0.15) is 48.7 Å². The van der Waals surface area contributed by atoms with Crippen molar-refractivity contribution in [2.45, 2.75) is 45.1 Å². The smallest absolute Gasteiger partial charge is 0.339 e. The lowest BCUT2D eigenvalue weighted by Crippen LogP contribution is -2.25. The van der Waals surface area contributed by atoms with Crippen molar-refractivity contribution in [1.82, 2.24) is 4.98 Å². The molecule has 4 N–H and O–H groups in total. The Morgan fingerprint density at radius 1 is 1.32 bits per heavy atom. The summed E-state index contributed by atoms with van der Waals surface area (Å²) in [6, 6.07) is 5.49. The van der Waals surface area contributed by atoms with Crippen molar-refractivity contribution in [3.8, 4) is 5.75 Å². The number of aromatic nitrogens is 1. The molecule has 1 aliphatic carbocycles. The largest absolute Gasteiger partial charge is 0.490 e. The highest BCUT2D eigenvalue weighted by Crippen LogP contribution is 2.36. The quantitative estimate of drug-likeness (QED) is 0.770. The normalized spacial score (nSPS) is 20.6. The fourth-order valence-corrected chi connectivity index (χ4v) is 3.57. The summed E-state index contributed by atoms with van der Waals surface area (Å²) >= 11 is 0. The van der Waals surface area contributed by atoms with Gasteiger partial charge in [0, 0.05) is 6.61 Å². The average molecular weight is 344 g/mol. The number of nitrogens with zero attached hydrogens (tertiary/aromatic N) is 1. The van der Waals surface area contributed by atoms with Crippen LogP contribution in [0.2, 0.25) is 0 Å². The molecule has 0 saturated heterocycles. The Bertz CT molecular complexity index is 783. The van der Waals surface area contributed by atoms with E-state index in [2.05, 4.69) is 4.98 Å². The number of aromatic carboxylic acids is 1. The van der Waals surface area contributed by atoms with Gasteiger partial charge in [-0.2, -0.15) is 0 Å². The molecule has 1 aromatic carbocycles. The number of benzene rings is 1. The molecule has 0 unspecified atom stereocenters. The van der Waals surface area contributed by atoms with Gasteiger partial charge in [-0.3, -0.25) is 4.98 Å². The number of carboxylic acid groups (broad SMARTS) is 1. The summed E-state index contributed by atoms with van der Waals surface area (Å²) in [5.74, 6) is -0.132. The summed E-state index contributed by atoms with van der Waals surface area (Å²) < 4.78 is 6.16. The maximum absolute atomic E-state index is 11.6. The van der Waals surface area contributed by atoms with Crippen molar-refractivity contribution in [2.24, 2.45) is 5.92 Å². The lowest BCUT2D eigenvalue weighted by atomic mass is 9.88. The minimum Gasteiger partial charge on any atom is -0.490 e. The van der Waals surface area contributed by atoms with Crippen molar-refractivity contribution < 1.29 is 19.7 Å². The second kappa shape index (κ2) is 7.27. The van der Waals surface area contributed by atoms with Gasteiger partial charge < -0.3 is 20.7 Å². The first kappa shape index (κ1) is 17.5. The van der Waals surface area contributed by atoms with Gasteiger partial charge in [0.1, 0.15) is 11.3 Å². The summed E-state index contributed by atoms with van der Waals surface area (Å²) in [6.45, 7) is 2.08. The van der Waals surface area contributed by atoms with Crippen molar-refractivity contribution in [1.29, 1.82) is 0 Å². The van der Waals surface area contributed by atoms with Gasteiger partial charge in [-0.25, -0.2) is 4.79 Å². The molecule has 1 aliphatic rings. The fraction of sp³-hybridized carbons (Fsp3) is 0.474. The standard InChI is InChI=1S/C19H24N2O4/c1-2-13-17(19(23)24)18(20)16-14(21-13)4-3-5-15(16)25-12-8-6-11(10-22)7-9-12/h3-5,11-12,22H,2,6-10H2,1H3,(H2,20,21)(H,23,24)/t11-,12-. The number of pyridine rings is 1. The number of aliphatic hydroxyl groups excluding tert-OH is 1. The third-order valence-corrected chi connectivity index (χ3v) is 4.98. The van der Waals surface area contributed by atoms with E-state index in [0.717, 1.165) is 25.7 Å². The van der Waals surface area contributed by atoms with Gasteiger partial charge in [-0.15, -0.1) is 0 Å². The molecule has 0 aliphatic heterocycles. The molecule has 0 spiro atoms. The molecule has 6 heteroatoms. The Morgan fingerprint density at radius 2 is 2.04 bits per heavy atom. The van der Waals surface area contributed by atoms with Gasteiger partial charge in [0.05, 0.1) is 28.4 Å². The first-order chi connectivity index (χ1) is 12.0. The van der Waals surface area contributed by atoms with Crippen molar-refractivity contribution in [2.75, 3.05) is 12.3 Å². The minimum atomic E-state index is -1.07. The zero-order chi connectivity index (χ0) is 18.0. The Labute approximate surface area is 146 Å². The number of anilines is 1. The van der Waals surface area contributed by atoms with Gasteiger partial charge in [0.25, 0.3) is 0 Å². The van der Waals surface area contributed by atoms with Crippen LogP contribution in [0.4, 0.5) is 5.69 Å². The van der Waals surface area contributed by atoms with Gasteiger partial charge in [0.15, 0.2) is 0 Å². The van der Waals surface area contributed by atoms with E-state index < -0.39 is 5.97 Å². The van der Waals surface area contributed by atoms with Crippen molar-refractivity contribution >= 4 is 22.6 Å². The molecular weight excluding hydrogens is 320 g/mol. The molecule has 25 heavy (non-hydrogen) atoms. The molecule has 1 saturated carbocycles. The highest BCUT2D eigenvalue weighted by Gasteiger charge is 2.24. The topological polar surface area (TPSA) is 106 Å².